The molecule has 1 spiro atoms. The van der Waals surface area contributed by atoms with Gasteiger partial charge in [-0.3, -0.25) is 0 Å². The Kier molecular flexibility index (Phi) is 5.01. The molecule has 0 amide bonds. The number of likely N-dealkylation sites (tertiary alicyclic amines) is 1. The maximum Gasteiger partial charge on any atom is 0.171 e. The van der Waals surface area contributed by atoms with Gasteiger partial charge >= 0.3 is 0 Å². The molecule has 3 fully saturated rings. The molecule has 0 aromatic carbocycles. The van der Waals surface area contributed by atoms with Crippen LogP contribution in [0.15, 0.2) is 35.1 Å². The molecule has 6 heterocycles. The number of hydrogen-bond acceptors (Lipinski definition) is 8. The molecule has 0 radical (unpaired) electrons. The Morgan fingerprint density at radius 2 is 1.77 bits per heavy atom. The summed E-state index contributed by atoms with van der Waals surface area (Å²) in [4.78, 5) is 20.2. The standard InChI is InChI=1S/C23H27N5O2S/c1-2-10-28(9-1)20-6-3-17(15-24-20)22-26-21-19(31-22)5-4-18(16-25-21)27-11-7-23(8-12-27)29-13-14-30-23/h3-4,6,15-16H,1-2,5,7-14H2. The van der Waals surface area contributed by atoms with Gasteiger partial charge in [-0.05, 0) is 25.0 Å². The van der Waals surface area contributed by atoms with E-state index in [1.165, 1.54) is 23.4 Å². The molecule has 6 rings (SSSR count). The number of hydrogen-bond donors (Lipinski definition) is 0. The fourth-order valence-corrected chi connectivity index (χ4v) is 5.79. The summed E-state index contributed by atoms with van der Waals surface area (Å²) in [5, 5.41) is 0.995. The van der Waals surface area contributed by atoms with Crippen LogP contribution in [0.5, 0.6) is 0 Å². The van der Waals surface area contributed by atoms with Crippen molar-refractivity contribution in [2.24, 2.45) is 4.99 Å². The highest BCUT2D eigenvalue weighted by Gasteiger charge is 2.40. The predicted molar refractivity (Wildman–Crippen MR) is 122 cm³/mol. The average molecular weight is 438 g/mol. The summed E-state index contributed by atoms with van der Waals surface area (Å²) in [7, 11) is 0. The zero-order chi connectivity index (χ0) is 20.7. The van der Waals surface area contributed by atoms with Crippen LogP contribution in [0, 0.1) is 0 Å². The molecule has 0 unspecified atom stereocenters. The number of thiazole rings is 1. The van der Waals surface area contributed by atoms with Crippen LogP contribution in [0.1, 0.15) is 30.6 Å². The highest BCUT2D eigenvalue weighted by Crippen LogP contribution is 2.36. The molecule has 0 atom stereocenters. The molecule has 31 heavy (non-hydrogen) atoms. The van der Waals surface area contributed by atoms with Gasteiger partial charge in [0.15, 0.2) is 11.6 Å². The normalized spacial score (nSPS) is 22.6. The zero-order valence-corrected chi connectivity index (χ0v) is 18.4. The number of aromatic nitrogens is 2. The number of aliphatic imine (C=N–C) groups is 1. The lowest BCUT2D eigenvalue weighted by molar-refractivity contribution is -0.182. The molecule has 2 aromatic rings. The fraction of sp³-hybridized carbons (Fsp3) is 0.522. The third-order valence-corrected chi connectivity index (χ3v) is 7.74. The molecular weight excluding hydrogens is 410 g/mol. The smallest absolute Gasteiger partial charge is 0.171 e. The van der Waals surface area contributed by atoms with Crippen LogP contribution < -0.4 is 4.90 Å². The summed E-state index contributed by atoms with van der Waals surface area (Å²) < 4.78 is 11.7. The quantitative estimate of drug-likeness (QED) is 0.728. The van der Waals surface area contributed by atoms with Gasteiger partial charge in [0.2, 0.25) is 0 Å². The van der Waals surface area contributed by atoms with Crippen molar-refractivity contribution in [3.05, 3.63) is 35.0 Å². The second-order valence-electron chi connectivity index (χ2n) is 8.55. The highest BCUT2D eigenvalue weighted by molar-refractivity contribution is 7.15. The number of pyridine rings is 1. The van der Waals surface area contributed by atoms with Crippen molar-refractivity contribution in [2.45, 2.75) is 37.9 Å². The van der Waals surface area contributed by atoms with E-state index >= 15 is 0 Å². The molecule has 7 nitrogen and oxygen atoms in total. The number of piperidine rings is 1. The van der Waals surface area contributed by atoms with Crippen molar-refractivity contribution >= 4 is 29.2 Å². The SMILES string of the molecule is C1=Nc2nc(-c3ccc(N4CCCC4)nc3)sc2CC=C1N1CCC2(CC1)OCCO2. The summed E-state index contributed by atoms with van der Waals surface area (Å²) in [5.74, 6) is 1.57. The lowest BCUT2D eigenvalue weighted by atomic mass is 10.0. The number of allylic oxidation sites excluding steroid dienone is 2. The van der Waals surface area contributed by atoms with E-state index in [1.807, 2.05) is 12.4 Å². The van der Waals surface area contributed by atoms with Crippen molar-refractivity contribution in [2.75, 3.05) is 44.3 Å². The minimum atomic E-state index is -0.341. The summed E-state index contributed by atoms with van der Waals surface area (Å²) in [6.07, 6.45) is 11.4. The number of anilines is 1. The first kappa shape index (κ1) is 19.4. The van der Waals surface area contributed by atoms with Crippen LogP contribution in [0.25, 0.3) is 10.6 Å². The van der Waals surface area contributed by atoms with E-state index in [4.69, 9.17) is 19.5 Å². The van der Waals surface area contributed by atoms with Crippen LogP contribution >= 0.6 is 11.3 Å². The Morgan fingerprint density at radius 3 is 2.52 bits per heavy atom. The maximum absolute atomic E-state index is 5.85. The van der Waals surface area contributed by atoms with E-state index in [-0.39, 0.29) is 5.79 Å². The summed E-state index contributed by atoms with van der Waals surface area (Å²) in [6, 6.07) is 4.26. The van der Waals surface area contributed by atoms with Crippen LogP contribution in [0.2, 0.25) is 0 Å². The van der Waals surface area contributed by atoms with Crippen molar-refractivity contribution in [3.63, 3.8) is 0 Å². The lowest BCUT2D eigenvalue weighted by Crippen LogP contribution is -2.44. The van der Waals surface area contributed by atoms with Gasteiger partial charge in [-0.25, -0.2) is 15.0 Å². The Hall–Kier alpha value is -2.29. The van der Waals surface area contributed by atoms with Gasteiger partial charge in [0.1, 0.15) is 10.8 Å². The highest BCUT2D eigenvalue weighted by atomic mass is 32.1. The topological polar surface area (TPSA) is 63.1 Å². The predicted octanol–water partition coefficient (Wildman–Crippen LogP) is 3.79. The molecule has 0 N–H and O–H groups in total. The molecule has 4 aliphatic rings. The monoisotopic (exact) mass is 437 g/mol. The van der Waals surface area contributed by atoms with Crippen molar-refractivity contribution in [1.82, 2.24) is 14.9 Å². The van der Waals surface area contributed by atoms with Gasteiger partial charge in [-0.1, -0.05) is 6.08 Å². The Balaban J connectivity index is 1.14. The van der Waals surface area contributed by atoms with E-state index in [9.17, 15) is 0 Å². The van der Waals surface area contributed by atoms with Crippen LogP contribution in [0.4, 0.5) is 11.6 Å². The lowest BCUT2D eigenvalue weighted by Gasteiger charge is -2.38. The van der Waals surface area contributed by atoms with E-state index < -0.39 is 0 Å². The first-order valence-electron chi connectivity index (χ1n) is 11.3. The summed E-state index contributed by atoms with van der Waals surface area (Å²) in [6.45, 7) is 5.51. The minimum absolute atomic E-state index is 0.341. The number of nitrogens with zero attached hydrogens (tertiary/aromatic N) is 5. The van der Waals surface area contributed by atoms with E-state index in [1.54, 1.807) is 11.3 Å². The molecular formula is C23H27N5O2S. The van der Waals surface area contributed by atoms with Crippen molar-refractivity contribution in [3.8, 4) is 10.6 Å². The first-order chi connectivity index (χ1) is 15.3. The van der Waals surface area contributed by atoms with Gasteiger partial charge in [0.05, 0.1) is 30.0 Å². The van der Waals surface area contributed by atoms with Crippen LogP contribution in [-0.2, 0) is 15.9 Å². The van der Waals surface area contributed by atoms with Crippen molar-refractivity contribution in [1.29, 1.82) is 0 Å². The third-order valence-electron chi connectivity index (χ3n) is 6.62. The Labute approximate surface area is 186 Å². The maximum atomic E-state index is 5.85. The second kappa shape index (κ2) is 8.00. The minimum Gasteiger partial charge on any atom is -0.370 e. The molecule has 8 heteroatoms. The Bertz CT molecular complexity index is 993. The fourth-order valence-electron chi connectivity index (χ4n) is 4.83. The molecule has 162 valence electrons. The van der Waals surface area contributed by atoms with E-state index in [2.05, 4.69) is 33.0 Å². The van der Waals surface area contributed by atoms with Gasteiger partial charge in [0.25, 0.3) is 0 Å². The Morgan fingerprint density at radius 1 is 0.968 bits per heavy atom. The zero-order valence-electron chi connectivity index (χ0n) is 17.6. The second-order valence-corrected chi connectivity index (χ2v) is 9.63. The van der Waals surface area contributed by atoms with Crippen LogP contribution in [0.3, 0.4) is 0 Å². The number of fused-ring (bicyclic) bond motifs is 1. The number of rotatable bonds is 3. The average Bonchev–Trinajstić information content (AvgIpc) is 3.55. The summed E-state index contributed by atoms with van der Waals surface area (Å²) >= 11 is 1.72. The largest absolute Gasteiger partial charge is 0.370 e. The van der Waals surface area contributed by atoms with Crippen LogP contribution in [-0.4, -0.2) is 66.3 Å². The molecule has 2 aromatic heterocycles. The molecule has 0 saturated carbocycles. The van der Waals surface area contributed by atoms with Gasteiger partial charge in [-0.15, -0.1) is 11.3 Å². The van der Waals surface area contributed by atoms with Crippen molar-refractivity contribution < 1.29 is 9.47 Å². The summed E-state index contributed by atoms with van der Waals surface area (Å²) in [5.41, 5.74) is 2.24. The molecule has 3 saturated heterocycles. The molecule has 0 bridgehead atoms. The molecule has 4 aliphatic heterocycles. The molecule has 0 aliphatic carbocycles. The van der Waals surface area contributed by atoms with Gasteiger partial charge in [-0.2, -0.15) is 0 Å². The first-order valence-corrected chi connectivity index (χ1v) is 12.1. The van der Waals surface area contributed by atoms with Gasteiger partial charge < -0.3 is 19.3 Å². The third kappa shape index (κ3) is 3.77. The van der Waals surface area contributed by atoms with E-state index in [0.29, 0.717) is 0 Å². The van der Waals surface area contributed by atoms with E-state index in [0.717, 1.165) is 80.9 Å². The number of ether oxygens (including phenoxy) is 2. The van der Waals surface area contributed by atoms with Gasteiger partial charge in [0, 0.05) is 57.2 Å².